The van der Waals surface area contributed by atoms with Crippen molar-refractivity contribution in [1.82, 2.24) is 0 Å². The summed E-state index contributed by atoms with van der Waals surface area (Å²) >= 11 is 11.8. The summed E-state index contributed by atoms with van der Waals surface area (Å²) in [5.74, 6) is -0.567. The maximum absolute atomic E-state index is 12.3. The Hall–Kier alpha value is -2.82. The van der Waals surface area contributed by atoms with E-state index < -0.39 is 0 Å². The summed E-state index contributed by atoms with van der Waals surface area (Å²) in [5, 5.41) is 6.37. The first-order valence-corrected chi connectivity index (χ1v) is 8.51. The van der Waals surface area contributed by atoms with Crippen LogP contribution in [0.1, 0.15) is 20.7 Å². The zero-order valence-electron chi connectivity index (χ0n) is 13.5. The van der Waals surface area contributed by atoms with Gasteiger partial charge < -0.3 is 10.6 Å². The number of benzene rings is 3. The molecule has 3 aromatic carbocycles. The van der Waals surface area contributed by atoms with Crippen LogP contribution >= 0.6 is 23.2 Å². The van der Waals surface area contributed by atoms with Crippen molar-refractivity contribution in [2.75, 3.05) is 10.6 Å². The maximum Gasteiger partial charge on any atom is 0.255 e. The first kappa shape index (κ1) is 18.0. The number of hydrogen-bond donors (Lipinski definition) is 2. The van der Waals surface area contributed by atoms with Crippen LogP contribution < -0.4 is 10.6 Å². The average Bonchev–Trinajstić information content (AvgIpc) is 2.62. The van der Waals surface area contributed by atoms with Crippen LogP contribution in [-0.2, 0) is 0 Å². The van der Waals surface area contributed by atoms with Crippen LogP contribution in [0.2, 0.25) is 10.0 Å². The highest BCUT2D eigenvalue weighted by Crippen LogP contribution is 2.23. The highest BCUT2D eigenvalue weighted by molar-refractivity contribution is 6.35. The number of nitrogens with one attached hydrogen (secondary N) is 2. The van der Waals surface area contributed by atoms with Crippen molar-refractivity contribution in [2.24, 2.45) is 0 Å². The fraction of sp³-hybridized carbons (Fsp3) is 0. The zero-order chi connectivity index (χ0) is 18.5. The number of anilines is 2. The quantitative estimate of drug-likeness (QED) is 0.623. The number of carbonyl (C=O) groups is 2. The molecule has 130 valence electrons. The molecular weight excluding hydrogens is 371 g/mol. The van der Waals surface area contributed by atoms with Gasteiger partial charge in [-0.2, -0.15) is 0 Å². The lowest BCUT2D eigenvalue weighted by molar-refractivity contribution is 0.101. The summed E-state index contributed by atoms with van der Waals surface area (Å²) in [5.41, 5.74) is 2.07. The van der Waals surface area contributed by atoms with E-state index >= 15 is 0 Å². The number of hydrogen-bond acceptors (Lipinski definition) is 2. The molecule has 0 bridgehead atoms. The van der Waals surface area contributed by atoms with Crippen LogP contribution in [0.3, 0.4) is 0 Å². The van der Waals surface area contributed by atoms with Crippen molar-refractivity contribution >= 4 is 46.4 Å². The molecule has 0 aliphatic carbocycles. The van der Waals surface area contributed by atoms with E-state index in [0.717, 1.165) is 0 Å². The van der Waals surface area contributed by atoms with Crippen molar-refractivity contribution in [3.8, 4) is 0 Å². The van der Waals surface area contributed by atoms with Crippen LogP contribution in [0.5, 0.6) is 0 Å². The lowest BCUT2D eigenvalue weighted by Crippen LogP contribution is -2.14. The minimum Gasteiger partial charge on any atom is -0.322 e. The predicted octanol–water partition coefficient (Wildman–Crippen LogP) is 5.50. The summed E-state index contributed by atoms with van der Waals surface area (Å²) in [7, 11) is 0. The van der Waals surface area contributed by atoms with E-state index in [1.165, 1.54) is 0 Å². The molecule has 0 heterocycles. The van der Waals surface area contributed by atoms with Gasteiger partial charge >= 0.3 is 0 Å². The second kappa shape index (κ2) is 8.04. The van der Waals surface area contributed by atoms with Crippen molar-refractivity contribution in [3.63, 3.8) is 0 Å². The SMILES string of the molecule is O=C(Nc1ccccc1)c1ccc(C(=O)Nc2cc(Cl)cc(Cl)c2)cc1. The summed E-state index contributed by atoms with van der Waals surface area (Å²) < 4.78 is 0. The van der Waals surface area contributed by atoms with Crippen LogP contribution in [0.25, 0.3) is 0 Å². The normalized spacial score (nSPS) is 10.2. The highest BCUT2D eigenvalue weighted by atomic mass is 35.5. The molecule has 6 heteroatoms. The van der Waals surface area contributed by atoms with Gasteiger partial charge in [-0.25, -0.2) is 0 Å². The van der Waals surface area contributed by atoms with Crippen LogP contribution in [0.15, 0.2) is 72.8 Å². The minimum atomic E-state index is -0.321. The van der Waals surface area contributed by atoms with Gasteiger partial charge in [-0.3, -0.25) is 9.59 Å². The molecule has 0 aliphatic heterocycles. The zero-order valence-corrected chi connectivity index (χ0v) is 15.0. The van der Waals surface area contributed by atoms with Gasteiger partial charge in [-0.15, -0.1) is 0 Å². The number of halogens is 2. The van der Waals surface area contributed by atoms with Gasteiger partial charge in [0, 0.05) is 32.5 Å². The summed E-state index contributed by atoms with van der Waals surface area (Å²) in [6.07, 6.45) is 0. The number of amides is 2. The van der Waals surface area contributed by atoms with Crippen LogP contribution in [0, 0.1) is 0 Å². The molecule has 2 N–H and O–H groups in total. The number of carbonyl (C=O) groups excluding carboxylic acids is 2. The van der Waals surface area contributed by atoms with Gasteiger partial charge in [0.15, 0.2) is 0 Å². The molecule has 0 saturated heterocycles. The second-order valence-electron chi connectivity index (χ2n) is 5.51. The lowest BCUT2D eigenvalue weighted by atomic mass is 10.1. The van der Waals surface area contributed by atoms with Gasteiger partial charge in [0.2, 0.25) is 0 Å². The summed E-state index contributed by atoms with van der Waals surface area (Å²) in [4.78, 5) is 24.5. The van der Waals surface area contributed by atoms with Gasteiger partial charge in [-0.1, -0.05) is 41.4 Å². The first-order chi connectivity index (χ1) is 12.5. The molecule has 0 aromatic heterocycles. The molecule has 0 saturated carbocycles. The Morgan fingerprint density at radius 1 is 0.615 bits per heavy atom. The number of rotatable bonds is 4. The van der Waals surface area contributed by atoms with E-state index in [2.05, 4.69) is 10.6 Å². The van der Waals surface area contributed by atoms with Gasteiger partial charge in [-0.05, 0) is 54.6 Å². The Balaban J connectivity index is 1.68. The standard InChI is InChI=1S/C20H14Cl2N2O2/c21-15-10-16(22)12-18(11-15)24-20(26)14-8-6-13(7-9-14)19(25)23-17-4-2-1-3-5-17/h1-12H,(H,23,25)(H,24,26). The fourth-order valence-electron chi connectivity index (χ4n) is 2.33. The third-order valence-corrected chi connectivity index (χ3v) is 4.00. The van der Waals surface area contributed by atoms with Crippen LogP contribution in [0.4, 0.5) is 11.4 Å². The monoisotopic (exact) mass is 384 g/mol. The molecule has 0 radical (unpaired) electrons. The topological polar surface area (TPSA) is 58.2 Å². The largest absolute Gasteiger partial charge is 0.322 e. The molecule has 3 rings (SSSR count). The predicted molar refractivity (Wildman–Crippen MR) is 105 cm³/mol. The van der Waals surface area contributed by atoms with E-state index in [4.69, 9.17) is 23.2 Å². The number of para-hydroxylation sites is 1. The Bertz CT molecular complexity index is 922. The van der Waals surface area contributed by atoms with Crippen molar-refractivity contribution in [3.05, 3.63) is 94.0 Å². The Morgan fingerprint density at radius 2 is 1.08 bits per heavy atom. The summed E-state index contributed by atoms with van der Waals surface area (Å²) in [6, 6.07) is 20.3. The Labute approximate surface area is 160 Å². The van der Waals surface area contributed by atoms with E-state index in [-0.39, 0.29) is 11.8 Å². The third kappa shape index (κ3) is 4.63. The summed E-state index contributed by atoms with van der Waals surface area (Å²) in [6.45, 7) is 0. The van der Waals surface area contributed by atoms with E-state index in [1.807, 2.05) is 18.2 Å². The van der Waals surface area contributed by atoms with E-state index in [0.29, 0.717) is 32.5 Å². The van der Waals surface area contributed by atoms with Gasteiger partial charge in [0.05, 0.1) is 0 Å². The molecule has 4 nitrogen and oxygen atoms in total. The smallest absolute Gasteiger partial charge is 0.255 e. The molecular formula is C20H14Cl2N2O2. The molecule has 0 spiro atoms. The molecule has 3 aromatic rings. The maximum atomic E-state index is 12.3. The molecule has 0 atom stereocenters. The second-order valence-corrected chi connectivity index (χ2v) is 6.38. The molecule has 0 fully saturated rings. The lowest BCUT2D eigenvalue weighted by Gasteiger charge is -2.08. The molecule has 0 unspecified atom stereocenters. The average molecular weight is 385 g/mol. The molecule has 26 heavy (non-hydrogen) atoms. The molecule has 2 amide bonds. The minimum absolute atomic E-state index is 0.246. The van der Waals surface area contributed by atoms with Crippen LogP contribution in [-0.4, -0.2) is 11.8 Å². The van der Waals surface area contributed by atoms with Gasteiger partial charge in [0.1, 0.15) is 0 Å². The molecule has 0 aliphatic rings. The fourth-order valence-corrected chi connectivity index (χ4v) is 2.85. The Kier molecular flexibility index (Phi) is 5.56. The van der Waals surface area contributed by atoms with Gasteiger partial charge in [0.25, 0.3) is 11.8 Å². The van der Waals surface area contributed by atoms with E-state index in [9.17, 15) is 9.59 Å². The third-order valence-electron chi connectivity index (χ3n) is 3.56. The Morgan fingerprint density at radius 3 is 1.58 bits per heavy atom. The van der Waals surface area contributed by atoms with E-state index in [1.54, 1.807) is 54.6 Å². The highest BCUT2D eigenvalue weighted by Gasteiger charge is 2.10. The van der Waals surface area contributed by atoms with Crippen molar-refractivity contribution < 1.29 is 9.59 Å². The van der Waals surface area contributed by atoms with Crippen molar-refractivity contribution in [2.45, 2.75) is 0 Å². The first-order valence-electron chi connectivity index (χ1n) is 7.75. The van der Waals surface area contributed by atoms with Crippen molar-refractivity contribution in [1.29, 1.82) is 0 Å².